The Morgan fingerprint density at radius 2 is 2.00 bits per heavy atom. The van der Waals surface area contributed by atoms with Crippen LogP contribution in [-0.2, 0) is 4.79 Å². The van der Waals surface area contributed by atoms with E-state index < -0.39 is 0 Å². The van der Waals surface area contributed by atoms with Gasteiger partial charge in [-0.15, -0.1) is 0 Å². The van der Waals surface area contributed by atoms with Crippen molar-refractivity contribution in [2.45, 2.75) is 33.6 Å². The fourth-order valence-corrected chi connectivity index (χ4v) is 2.38. The Balaban J connectivity index is 2.10. The minimum absolute atomic E-state index is 0.0847. The molecule has 2 heterocycles. The SMILES string of the molecule is Cc1cc(C)nc(NC(=O)C2(C)CCNCC2)c1. The Morgan fingerprint density at radius 3 is 2.61 bits per heavy atom. The van der Waals surface area contributed by atoms with Gasteiger partial charge in [0.15, 0.2) is 0 Å². The van der Waals surface area contributed by atoms with Crippen LogP contribution in [0.3, 0.4) is 0 Å². The van der Waals surface area contributed by atoms with E-state index in [0.29, 0.717) is 5.82 Å². The van der Waals surface area contributed by atoms with Crippen LogP contribution in [0.2, 0.25) is 0 Å². The van der Waals surface area contributed by atoms with E-state index in [-0.39, 0.29) is 11.3 Å². The van der Waals surface area contributed by atoms with E-state index in [1.807, 2.05) is 32.9 Å². The Bertz CT molecular complexity index is 430. The predicted octanol–water partition coefficient (Wildman–Crippen LogP) is 2.03. The molecule has 0 aliphatic carbocycles. The normalized spacial score (nSPS) is 18.4. The lowest BCUT2D eigenvalue weighted by Gasteiger charge is -2.32. The Labute approximate surface area is 108 Å². The van der Waals surface area contributed by atoms with Crippen LogP contribution < -0.4 is 10.6 Å². The van der Waals surface area contributed by atoms with Crippen LogP contribution >= 0.6 is 0 Å². The highest BCUT2D eigenvalue weighted by molar-refractivity contribution is 5.94. The summed E-state index contributed by atoms with van der Waals surface area (Å²) in [5.74, 6) is 0.749. The van der Waals surface area contributed by atoms with Crippen molar-refractivity contribution in [1.82, 2.24) is 10.3 Å². The van der Waals surface area contributed by atoms with Gasteiger partial charge in [0.25, 0.3) is 0 Å². The second kappa shape index (κ2) is 5.06. The molecular formula is C14H21N3O. The third kappa shape index (κ3) is 2.88. The van der Waals surface area contributed by atoms with Gasteiger partial charge in [0, 0.05) is 11.1 Å². The fourth-order valence-electron chi connectivity index (χ4n) is 2.38. The maximum absolute atomic E-state index is 12.3. The Kier molecular flexibility index (Phi) is 3.66. The van der Waals surface area contributed by atoms with Crippen molar-refractivity contribution in [3.8, 4) is 0 Å². The zero-order valence-electron chi connectivity index (χ0n) is 11.3. The first-order valence-corrected chi connectivity index (χ1v) is 6.47. The fraction of sp³-hybridized carbons (Fsp3) is 0.571. The molecule has 4 nitrogen and oxygen atoms in total. The molecule has 0 atom stereocenters. The van der Waals surface area contributed by atoms with E-state index >= 15 is 0 Å². The van der Waals surface area contributed by atoms with Crippen LogP contribution in [0.5, 0.6) is 0 Å². The molecule has 1 aliphatic rings. The molecule has 1 aliphatic heterocycles. The molecule has 18 heavy (non-hydrogen) atoms. The summed E-state index contributed by atoms with van der Waals surface area (Å²) in [5, 5.41) is 6.24. The van der Waals surface area contributed by atoms with Crippen molar-refractivity contribution in [3.05, 3.63) is 23.4 Å². The first-order chi connectivity index (χ1) is 8.49. The molecule has 4 heteroatoms. The van der Waals surface area contributed by atoms with Gasteiger partial charge in [-0.3, -0.25) is 4.79 Å². The minimum Gasteiger partial charge on any atom is -0.317 e. The molecule has 0 radical (unpaired) electrons. The maximum atomic E-state index is 12.3. The summed E-state index contributed by atoms with van der Waals surface area (Å²) in [6, 6.07) is 3.91. The summed E-state index contributed by atoms with van der Waals surface area (Å²) in [5.41, 5.74) is 1.78. The third-order valence-electron chi connectivity index (χ3n) is 3.59. The molecule has 2 N–H and O–H groups in total. The molecule has 0 aromatic carbocycles. The molecule has 0 bridgehead atoms. The summed E-state index contributed by atoms with van der Waals surface area (Å²) < 4.78 is 0. The topological polar surface area (TPSA) is 54.0 Å². The number of nitrogens with zero attached hydrogens (tertiary/aromatic N) is 1. The molecule has 1 aromatic rings. The highest BCUT2D eigenvalue weighted by Gasteiger charge is 2.34. The van der Waals surface area contributed by atoms with E-state index in [4.69, 9.17) is 0 Å². The van der Waals surface area contributed by atoms with E-state index in [1.165, 1.54) is 0 Å². The van der Waals surface area contributed by atoms with E-state index in [2.05, 4.69) is 15.6 Å². The van der Waals surface area contributed by atoms with Gasteiger partial charge in [0.05, 0.1) is 0 Å². The summed E-state index contributed by atoms with van der Waals surface area (Å²) in [6.45, 7) is 7.80. The average Bonchev–Trinajstić information content (AvgIpc) is 2.28. The number of hydrogen-bond donors (Lipinski definition) is 2. The second-order valence-corrected chi connectivity index (χ2v) is 5.44. The maximum Gasteiger partial charge on any atom is 0.231 e. The summed E-state index contributed by atoms with van der Waals surface area (Å²) in [4.78, 5) is 16.7. The first-order valence-electron chi connectivity index (χ1n) is 6.47. The quantitative estimate of drug-likeness (QED) is 0.840. The minimum atomic E-state index is -0.273. The lowest BCUT2D eigenvalue weighted by atomic mass is 9.80. The molecule has 1 aromatic heterocycles. The molecule has 0 saturated carbocycles. The van der Waals surface area contributed by atoms with Crippen molar-refractivity contribution in [2.75, 3.05) is 18.4 Å². The third-order valence-corrected chi connectivity index (χ3v) is 3.59. The highest BCUT2D eigenvalue weighted by atomic mass is 16.2. The van der Waals surface area contributed by atoms with Gasteiger partial charge in [-0.25, -0.2) is 4.98 Å². The van der Waals surface area contributed by atoms with Crippen LogP contribution in [0.1, 0.15) is 31.0 Å². The van der Waals surface area contributed by atoms with Gasteiger partial charge in [0.2, 0.25) is 5.91 Å². The Morgan fingerprint density at radius 1 is 1.33 bits per heavy atom. The number of amides is 1. The molecule has 0 unspecified atom stereocenters. The smallest absolute Gasteiger partial charge is 0.231 e. The number of hydrogen-bond acceptors (Lipinski definition) is 3. The number of carbonyl (C=O) groups excluding carboxylic acids is 1. The van der Waals surface area contributed by atoms with E-state index in [9.17, 15) is 4.79 Å². The molecule has 98 valence electrons. The largest absolute Gasteiger partial charge is 0.317 e. The van der Waals surface area contributed by atoms with Crippen molar-refractivity contribution in [2.24, 2.45) is 5.41 Å². The van der Waals surface area contributed by atoms with Gasteiger partial charge in [-0.2, -0.15) is 0 Å². The molecule has 1 fully saturated rings. The molecule has 1 saturated heterocycles. The van der Waals surface area contributed by atoms with Gasteiger partial charge in [0.1, 0.15) is 5.82 Å². The number of piperidine rings is 1. The summed E-state index contributed by atoms with van der Waals surface area (Å²) in [6.07, 6.45) is 1.76. The van der Waals surface area contributed by atoms with Gasteiger partial charge >= 0.3 is 0 Å². The summed E-state index contributed by atoms with van der Waals surface area (Å²) in [7, 11) is 0. The van der Waals surface area contributed by atoms with Crippen molar-refractivity contribution < 1.29 is 4.79 Å². The van der Waals surface area contributed by atoms with Crippen molar-refractivity contribution >= 4 is 11.7 Å². The number of carbonyl (C=O) groups is 1. The highest BCUT2D eigenvalue weighted by Crippen LogP contribution is 2.29. The van der Waals surface area contributed by atoms with Crippen LogP contribution in [0.15, 0.2) is 12.1 Å². The zero-order valence-corrected chi connectivity index (χ0v) is 11.3. The van der Waals surface area contributed by atoms with Crippen LogP contribution in [0.4, 0.5) is 5.82 Å². The van der Waals surface area contributed by atoms with Gasteiger partial charge < -0.3 is 10.6 Å². The number of aromatic nitrogens is 1. The number of anilines is 1. The molecule has 0 spiro atoms. The first kappa shape index (κ1) is 13.0. The molecule has 2 rings (SSSR count). The van der Waals surface area contributed by atoms with E-state index in [0.717, 1.165) is 37.2 Å². The molecular weight excluding hydrogens is 226 g/mol. The van der Waals surface area contributed by atoms with Crippen LogP contribution in [-0.4, -0.2) is 24.0 Å². The van der Waals surface area contributed by atoms with E-state index in [1.54, 1.807) is 0 Å². The molecule has 1 amide bonds. The number of aryl methyl sites for hydroxylation is 2. The average molecular weight is 247 g/mol. The van der Waals surface area contributed by atoms with Gasteiger partial charge in [-0.05, 0) is 57.5 Å². The van der Waals surface area contributed by atoms with Crippen LogP contribution in [0.25, 0.3) is 0 Å². The number of rotatable bonds is 2. The number of nitrogens with one attached hydrogen (secondary N) is 2. The predicted molar refractivity (Wildman–Crippen MR) is 72.6 cm³/mol. The van der Waals surface area contributed by atoms with Crippen LogP contribution in [0, 0.1) is 19.3 Å². The van der Waals surface area contributed by atoms with Gasteiger partial charge in [-0.1, -0.05) is 6.92 Å². The lowest BCUT2D eigenvalue weighted by molar-refractivity contribution is -0.126. The number of pyridine rings is 1. The monoisotopic (exact) mass is 247 g/mol. The van der Waals surface area contributed by atoms with Crippen molar-refractivity contribution in [3.63, 3.8) is 0 Å². The Hall–Kier alpha value is -1.42. The lowest BCUT2D eigenvalue weighted by Crippen LogP contribution is -2.43. The summed E-state index contributed by atoms with van der Waals surface area (Å²) >= 11 is 0. The standard InChI is InChI=1S/C14H21N3O/c1-10-8-11(2)16-12(9-10)17-13(18)14(3)4-6-15-7-5-14/h8-9,15H,4-7H2,1-3H3,(H,16,17,18). The van der Waals surface area contributed by atoms with Crippen molar-refractivity contribution in [1.29, 1.82) is 0 Å². The zero-order chi connectivity index (χ0) is 13.2. The second-order valence-electron chi connectivity index (χ2n) is 5.44.